The number of hydrogen-bond donors (Lipinski definition) is 2. The largest absolute Gasteiger partial charge is 0.409 e. The Kier molecular flexibility index (Phi) is 4.39. The fourth-order valence-corrected chi connectivity index (χ4v) is 1.94. The zero-order valence-electron chi connectivity index (χ0n) is 9.15. The summed E-state index contributed by atoms with van der Waals surface area (Å²) in [6.45, 7) is 2.84. The van der Waals surface area contributed by atoms with Gasteiger partial charge in [0.05, 0.1) is 6.42 Å². The monoisotopic (exact) mass is 213 g/mol. The fraction of sp³-hybridized carbons (Fsp3) is 0.800. The van der Waals surface area contributed by atoms with Crippen molar-refractivity contribution < 1.29 is 10.0 Å². The average molecular weight is 213 g/mol. The Hall–Kier alpha value is -1.26. The van der Waals surface area contributed by atoms with Crippen molar-refractivity contribution in [2.75, 3.05) is 6.54 Å². The van der Waals surface area contributed by atoms with Crippen LogP contribution < -0.4 is 5.73 Å². The molecule has 0 aromatic heterocycles. The van der Waals surface area contributed by atoms with Crippen molar-refractivity contribution >= 4 is 11.7 Å². The number of carbonyl (C=O) groups is 1. The molecule has 15 heavy (non-hydrogen) atoms. The minimum Gasteiger partial charge on any atom is -0.409 e. The van der Waals surface area contributed by atoms with Gasteiger partial charge in [-0.3, -0.25) is 4.79 Å². The Morgan fingerprint density at radius 3 is 2.93 bits per heavy atom. The molecule has 0 bridgehead atoms. The molecule has 1 aliphatic heterocycles. The summed E-state index contributed by atoms with van der Waals surface area (Å²) in [5.74, 6) is -0.0591. The van der Waals surface area contributed by atoms with Crippen LogP contribution in [-0.4, -0.2) is 34.4 Å². The summed E-state index contributed by atoms with van der Waals surface area (Å²) in [5, 5.41) is 11.2. The summed E-state index contributed by atoms with van der Waals surface area (Å²) in [6.07, 6.45) is 4.46. The highest BCUT2D eigenvalue weighted by Gasteiger charge is 2.22. The van der Waals surface area contributed by atoms with Crippen LogP contribution in [0.25, 0.3) is 0 Å². The second-order valence-corrected chi connectivity index (χ2v) is 4.05. The molecule has 1 fully saturated rings. The topological polar surface area (TPSA) is 78.9 Å². The maximum absolute atomic E-state index is 11.8. The zero-order chi connectivity index (χ0) is 11.3. The summed E-state index contributed by atoms with van der Waals surface area (Å²) < 4.78 is 0. The van der Waals surface area contributed by atoms with E-state index in [-0.39, 0.29) is 24.2 Å². The van der Waals surface area contributed by atoms with Gasteiger partial charge >= 0.3 is 0 Å². The third kappa shape index (κ3) is 3.42. The highest BCUT2D eigenvalue weighted by molar-refractivity contribution is 5.98. The molecule has 5 nitrogen and oxygen atoms in total. The molecule has 86 valence electrons. The quantitative estimate of drug-likeness (QED) is 0.310. The number of carbonyl (C=O) groups excluding carboxylic acids is 1. The van der Waals surface area contributed by atoms with Crippen molar-refractivity contribution in [1.29, 1.82) is 0 Å². The van der Waals surface area contributed by atoms with Gasteiger partial charge in [0.2, 0.25) is 5.91 Å². The van der Waals surface area contributed by atoms with Crippen molar-refractivity contribution in [2.45, 2.75) is 45.1 Å². The number of likely N-dealkylation sites (tertiary alicyclic amines) is 1. The second kappa shape index (κ2) is 5.58. The molecular weight excluding hydrogens is 194 g/mol. The van der Waals surface area contributed by atoms with Gasteiger partial charge in [-0.1, -0.05) is 18.0 Å². The first-order valence-corrected chi connectivity index (χ1v) is 5.41. The smallest absolute Gasteiger partial charge is 0.230 e. The first kappa shape index (κ1) is 11.8. The number of nitrogens with zero attached hydrogens (tertiary/aromatic N) is 2. The van der Waals surface area contributed by atoms with Crippen molar-refractivity contribution in [3.05, 3.63) is 0 Å². The molecule has 1 saturated heterocycles. The second-order valence-electron chi connectivity index (χ2n) is 4.05. The van der Waals surface area contributed by atoms with Crippen LogP contribution in [0.15, 0.2) is 5.16 Å². The van der Waals surface area contributed by atoms with Crippen LogP contribution in [0.4, 0.5) is 0 Å². The Bertz CT molecular complexity index is 253. The average Bonchev–Trinajstić information content (AvgIpc) is 2.42. The molecule has 1 atom stereocenters. The van der Waals surface area contributed by atoms with E-state index in [1.54, 1.807) is 0 Å². The van der Waals surface area contributed by atoms with Gasteiger partial charge in [-0.2, -0.15) is 0 Å². The SMILES string of the molecule is CC1CCCCCN1C(=O)CC(N)=NO. The van der Waals surface area contributed by atoms with Gasteiger partial charge < -0.3 is 15.8 Å². The number of oxime groups is 1. The van der Waals surface area contributed by atoms with E-state index in [2.05, 4.69) is 12.1 Å². The van der Waals surface area contributed by atoms with Gasteiger partial charge in [0.25, 0.3) is 0 Å². The van der Waals surface area contributed by atoms with Gasteiger partial charge in [-0.15, -0.1) is 0 Å². The molecule has 5 heteroatoms. The predicted octanol–water partition coefficient (Wildman–Crippen LogP) is 0.914. The molecule has 0 spiro atoms. The molecule has 1 rings (SSSR count). The van der Waals surface area contributed by atoms with Crippen LogP contribution in [0.5, 0.6) is 0 Å². The van der Waals surface area contributed by atoms with Crippen molar-refractivity contribution in [1.82, 2.24) is 4.90 Å². The van der Waals surface area contributed by atoms with Crippen molar-refractivity contribution in [2.24, 2.45) is 10.9 Å². The van der Waals surface area contributed by atoms with E-state index >= 15 is 0 Å². The van der Waals surface area contributed by atoms with Crippen molar-refractivity contribution in [3.63, 3.8) is 0 Å². The van der Waals surface area contributed by atoms with E-state index in [9.17, 15) is 4.79 Å². The lowest BCUT2D eigenvalue weighted by atomic mass is 10.1. The number of amidine groups is 1. The number of amides is 1. The number of hydrogen-bond acceptors (Lipinski definition) is 3. The predicted molar refractivity (Wildman–Crippen MR) is 57.7 cm³/mol. The van der Waals surface area contributed by atoms with E-state index in [1.807, 2.05) is 4.90 Å². The minimum absolute atomic E-state index is 0.0147. The molecule has 1 aliphatic rings. The summed E-state index contributed by atoms with van der Waals surface area (Å²) >= 11 is 0. The number of rotatable bonds is 2. The van der Waals surface area contributed by atoms with Crippen molar-refractivity contribution in [3.8, 4) is 0 Å². The fourth-order valence-electron chi connectivity index (χ4n) is 1.94. The van der Waals surface area contributed by atoms with Gasteiger partial charge in [-0.05, 0) is 19.8 Å². The van der Waals surface area contributed by atoms with Crippen LogP contribution >= 0.6 is 0 Å². The first-order valence-electron chi connectivity index (χ1n) is 5.41. The highest BCUT2D eigenvalue weighted by atomic mass is 16.4. The standard InChI is InChI=1S/C10H19N3O2/c1-8-5-3-2-4-6-13(8)10(14)7-9(11)12-15/h8,15H,2-7H2,1H3,(H2,11,12). The molecule has 1 unspecified atom stereocenters. The molecule has 0 saturated carbocycles. The maximum atomic E-state index is 11.8. The summed E-state index contributed by atoms with van der Waals surface area (Å²) in [6, 6.07) is 0.270. The molecule has 0 aromatic rings. The van der Waals surface area contributed by atoms with Crippen LogP contribution in [0, 0.1) is 0 Å². The molecule has 1 heterocycles. The van der Waals surface area contributed by atoms with Crippen LogP contribution in [-0.2, 0) is 4.79 Å². The molecule has 0 aromatic carbocycles. The van der Waals surface area contributed by atoms with E-state index in [0.717, 1.165) is 19.4 Å². The number of nitrogens with two attached hydrogens (primary N) is 1. The minimum atomic E-state index is -0.0419. The molecule has 1 amide bonds. The van der Waals surface area contributed by atoms with Gasteiger partial charge in [-0.25, -0.2) is 0 Å². The third-order valence-corrected chi connectivity index (χ3v) is 2.83. The molecule has 3 N–H and O–H groups in total. The lowest BCUT2D eigenvalue weighted by molar-refractivity contribution is -0.131. The van der Waals surface area contributed by atoms with Gasteiger partial charge in [0.1, 0.15) is 5.84 Å². The Morgan fingerprint density at radius 2 is 2.27 bits per heavy atom. The first-order chi connectivity index (χ1) is 7.15. The van der Waals surface area contributed by atoms with Gasteiger partial charge in [0.15, 0.2) is 0 Å². The molecule has 0 radical (unpaired) electrons. The molecule has 0 aliphatic carbocycles. The van der Waals surface area contributed by atoms with E-state index < -0.39 is 0 Å². The van der Waals surface area contributed by atoms with Crippen LogP contribution in [0.3, 0.4) is 0 Å². The van der Waals surface area contributed by atoms with E-state index in [1.165, 1.54) is 12.8 Å². The highest BCUT2D eigenvalue weighted by Crippen LogP contribution is 2.16. The van der Waals surface area contributed by atoms with Crippen LogP contribution in [0.2, 0.25) is 0 Å². The molecular formula is C10H19N3O2. The summed E-state index contributed by atoms with van der Waals surface area (Å²) in [7, 11) is 0. The Labute approximate surface area is 89.9 Å². The summed E-state index contributed by atoms with van der Waals surface area (Å²) in [5.41, 5.74) is 5.32. The lowest BCUT2D eigenvalue weighted by Gasteiger charge is -2.26. The van der Waals surface area contributed by atoms with E-state index in [4.69, 9.17) is 10.9 Å². The van der Waals surface area contributed by atoms with E-state index in [0.29, 0.717) is 0 Å². The Morgan fingerprint density at radius 1 is 1.53 bits per heavy atom. The van der Waals surface area contributed by atoms with Gasteiger partial charge in [0, 0.05) is 12.6 Å². The lowest BCUT2D eigenvalue weighted by Crippen LogP contribution is -2.40. The summed E-state index contributed by atoms with van der Waals surface area (Å²) in [4.78, 5) is 13.6. The zero-order valence-corrected chi connectivity index (χ0v) is 9.15. The normalized spacial score (nSPS) is 23.7. The Balaban J connectivity index is 2.55. The maximum Gasteiger partial charge on any atom is 0.230 e. The van der Waals surface area contributed by atoms with Crippen LogP contribution in [0.1, 0.15) is 39.0 Å². The third-order valence-electron chi connectivity index (χ3n) is 2.83.